The summed E-state index contributed by atoms with van der Waals surface area (Å²) in [5, 5.41) is 0. The molecule has 1 aromatic rings. The van der Waals surface area contributed by atoms with E-state index in [1.807, 2.05) is 12.1 Å². The number of hydrogen-bond donors (Lipinski definition) is 0. The maximum absolute atomic E-state index is 5.13. The van der Waals surface area contributed by atoms with Crippen LogP contribution in [0.25, 0.3) is 5.57 Å². The first-order valence-corrected chi connectivity index (χ1v) is 5.58. The lowest BCUT2D eigenvalue weighted by atomic mass is 10.1. The minimum absolute atomic E-state index is 0.904. The molecular formula is C15H20O. The molecule has 16 heavy (non-hydrogen) atoms. The van der Waals surface area contributed by atoms with E-state index in [4.69, 9.17) is 4.74 Å². The molecule has 0 saturated carbocycles. The van der Waals surface area contributed by atoms with Gasteiger partial charge in [0.05, 0.1) is 7.11 Å². The molecule has 0 aliphatic heterocycles. The van der Waals surface area contributed by atoms with Crippen LogP contribution in [-0.4, -0.2) is 7.11 Å². The first-order valence-electron chi connectivity index (χ1n) is 5.58. The highest BCUT2D eigenvalue weighted by atomic mass is 16.5. The Kier molecular flexibility index (Phi) is 4.84. The summed E-state index contributed by atoms with van der Waals surface area (Å²) in [5.41, 5.74) is 3.92. The molecule has 0 amide bonds. The molecule has 1 nitrogen and oxygen atoms in total. The third-order valence-electron chi connectivity index (χ3n) is 2.50. The zero-order valence-electron chi connectivity index (χ0n) is 10.6. The molecule has 0 spiro atoms. The van der Waals surface area contributed by atoms with E-state index in [9.17, 15) is 0 Å². The molecule has 1 rings (SSSR count). The van der Waals surface area contributed by atoms with E-state index in [0.29, 0.717) is 0 Å². The lowest BCUT2D eigenvalue weighted by Crippen LogP contribution is -1.83. The standard InChI is InChI=1S/C15H20O/c1-12(2)6-5-7-13(3)14-8-10-15(16-4)11-9-14/h6-11H,5H2,1-4H3/b13-7-. The predicted octanol–water partition coefficient (Wildman–Crippen LogP) is 4.45. The van der Waals surface area contributed by atoms with Gasteiger partial charge in [0.25, 0.3) is 0 Å². The average Bonchev–Trinajstić information content (AvgIpc) is 2.28. The fraction of sp³-hybridized carbons (Fsp3) is 0.333. The summed E-state index contributed by atoms with van der Waals surface area (Å²) in [5.74, 6) is 0.904. The monoisotopic (exact) mass is 216 g/mol. The van der Waals surface area contributed by atoms with Gasteiger partial charge < -0.3 is 4.74 Å². The molecule has 0 unspecified atom stereocenters. The van der Waals surface area contributed by atoms with Crippen LogP contribution in [0.4, 0.5) is 0 Å². The zero-order valence-corrected chi connectivity index (χ0v) is 10.6. The summed E-state index contributed by atoms with van der Waals surface area (Å²) in [7, 11) is 1.69. The molecule has 0 atom stereocenters. The largest absolute Gasteiger partial charge is 0.497 e. The van der Waals surface area contributed by atoms with Crippen molar-refractivity contribution in [1.29, 1.82) is 0 Å². The van der Waals surface area contributed by atoms with Crippen LogP contribution >= 0.6 is 0 Å². The van der Waals surface area contributed by atoms with E-state index in [1.54, 1.807) is 7.11 Å². The van der Waals surface area contributed by atoms with Gasteiger partial charge in [0.15, 0.2) is 0 Å². The van der Waals surface area contributed by atoms with Gasteiger partial charge in [-0.1, -0.05) is 29.9 Å². The fourth-order valence-corrected chi connectivity index (χ4v) is 1.44. The van der Waals surface area contributed by atoms with Crippen molar-refractivity contribution in [3.63, 3.8) is 0 Å². The lowest BCUT2D eigenvalue weighted by Gasteiger charge is -2.03. The first kappa shape index (κ1) is 12.6. The number of methoxy groups -OCH3 is 1. The molecule has 86 valence electrons. The summed E-state index contributed by atoms with van der Waals surface area (Å²) < 4.78 is 5.13. The Balaban J connectivity index is 2.72. The SMILES string of the molecule is COc1ccc(/C(C)=C\CC=C(C)C)cc1. The topological polar surface area (TPSA) is 9.23 Å². The van der Waals surface area contributed by atoms with E-state index in [-0.39, 0.29) is 0 Å². The summed E-state index contributed by atoms with van der Waals surface area (Å²) >= 11 is 0. The number of ether oxygens (including phenoxy) is 1. The van der Waals surface area contributed by atoms with Crippen LogP contribution in [-0.2, 0) is 0 Å². The Morgan fingerprint density at radius 3 is 2.19 bits per heavy atom. The molecule has 0 fully saturated rings. The van der Waals surface area contributed by atoms with Crippen molar-refractivity contribution in [3.05, 3.63) is 47.6 Å². The van der Waals surface area contributed by atoms with Crippen molar-refractivity contribution in [1.82, 2.24) is 0 Å². The second-order valence-corrected chi connectivity index (χ2v) is 4.13. The van der Waals surface area contributed by atoms with Gasteiger partial charge in [-0.3, -0.25) is 0 Å². The second-order valence-electron chi connectivity index (χ2n) is 4.13. The highest BCUT2D eigenvalue weighted by Crippen LogP contribution is 2.18. The molecule has 0 heterocycles. The Morgan fingerprint density at radius 1 is 1.06 bits per heavy atom. The third kappa shape index (κ3) is 3.93. The number of hydrogen-bond acceptors (Lipinski definition) is 1. The van der Waals surface area contributed by atoms with Gasteiger partial charge in [-0.15, -0.1) is 0 Å². The molecule has 0 radical (unpaired) electrons. The van der Waals surface area contributed by atoms with Gasteiger partial charge in [-0.2, -0.15) is 0 Å². The van der Waals surface area contributed by atoms with Gasteiger partial charge in [-0.25, -0.2) is 0 Å². The van der Waals surface area contributed by atoms with Crippen LogP contribution in [0.15, 0.2) is 42.0 Å². The van der Waals surface area contributed by atoms with Gasteiger partial charge in [0.2, 0.25) is 0 Å². The molecule has 0 aliphatic rings. The Labute approximate surface area is 98.5 Å². The summed E-state index contributed by atoms with van der Waals surface area (Å²) in [6.07, 6.45) is 5.47. The van der Waals surface area contributed by atoms with Crippen molar-refractivity contribution < 1.29 is 4.74 Å². The van der Waals surface area contributed by atoms with Crippen molar-refractivity contribution >= 4 is 5.57 Å². The molecule has 0 bridgehead atoms. The maximum Gasteiger partial charge on any atom is 0.118 e. The predicted molar refractivity (Wildman–Crippen MR) is 70.7 cm³/mol. The maximum atomic E-state index is 5.13. The van der Waals surface area contributed by atoms with Crippen LogP contribution in [0, 0.1) is 0 Å². The smallest absolute Gasteiger partial charge is 0.118 e. The molecule has 0 aromatic heterocycles. The molecule has 1 heteroatoms. The van der Waals surface area contributed by atoms with Crippen LogP contribution in [0.5, 0.6) is 5.75 Å². The van der Waals surface area contributed by atoms with Gasteiger partial charge in [0.1, 0.15) is 5.75 Å². The number of rotatable bonds is 4. The Bertz CT molecular complexity index is 378. The fourth-order valence-electron chi connectivity index (χ4n) is 1.44. The normalized spacial score (nSPS) is 11.1. The van der Waals surface area contributed by atoms with Crippen LogP contribution in [0.2, 0.25) is 0 Å². The van der Waals surface area contributed by atoms with E-state index >= 15 is 0 Å². The van der Waals surface area contributed by atoms with E-state index in [0.717, 1.165) is 12.2 Å². The summed E-state index contributed by atoms with van der Waals surface area (Å²) in [6.45, 7) is 6.38. The summed E-state index contributed by atoms with van der Waals surface area (Å²) in [4.78, 5) is 0. The highest BCUT2D eigenvalue weighted by molar-refractivity contribution is 5.64. The van der Waals surface area contributed by atoms with E-state index in [2.05, 4.69) is 45.1 Å². The minimum atomic E-state index is 0.904. The minimum Gasteiger partial charge on any atom is -0.497 e. The van der Waals surface area contributed by atoms with Gasteiger partial charge in [-0.05, 0) is 50.5 Å². The van der Waals surface area contributed by atoms with Crippen molar-refractivity contribution in [2.45, 2.75) is 27.2 Å². The van der Waals surface area contributed by atoms with Crippen LogP contribution in [0.3, 0.4) is 0 Å². The van der Waals surface area contributed by atoms with E-state index in [1.165, 1.54) is 16.7 Å². The molecular weight excluding hydrogens is 196 g/mol. The van der Waals surface area contributed by atoms with Crippen molar-refractivity contribution in [3.8, 4) is 5.75 Å². The molecule has 0 aliphatic carbocycles. The molecule has 0 N–H and O–H groups in total. The quantitative estimate of drug-likeness (QED) is 0.675. The van der Waals surface area contributed by atoms with Crippen molar-refractivity contribution in [2.75, 3.05) is 7.11 Å². The number of allylic oxidation sites excluding steroid dienone is 4. The summed E-state index contributed by atoms with van der Waals surface area (Å²) in [6, 6.07) is 8.17. The second kappa shape index (κ2) is 6.16. The van der Waals surface area contributed by atoms with Crippen LogP contribution < -0.4 is 4.74 Å². The Morgan fingerprint density at radius 2 is 1.69 bits per heavy atom. The van der Waals surface area contributed by atoms with E-state index < -0.39 is 0 Å². The average molecular weight is 216 g/mol. The van der Waals surface area contributed by atoms with Gasteiger partial charge >= 0.3 is 0 Å². The highest BCUT2D eigenvalue weighted by Gasteiger charge is 1.95. The number of benzene rings is 1. The zero-order chi connectivity index (χ0) is 12.0. The van der Waals surface area contributed by atoms with Crippen LogP contribution in [0.1, 0.15) is 32.8 Å². The Hall–Kier alpha value is -1.50. The van der Waals surface area contributed by atoms with Gasteiger partial charge in [0, 0.05) is 0 Å². The third-order valence-corrected chi connectivity index (χ3v) is 2.50. The first-order chi connectivity index (χ1) is 7.63. The molecule has 0 saturated heterocycles. The van der Waals surface area contributed by atoms with Crippen molar-refractivity contribution in [2.24, 2.45) is 0 Å². The lowest BCUT2D eigenvalue weighted by molar-refractivity contribution is 0.415. The molecule has 1 aromatic carbocycles.